The second-order valence-electron chi connectivity index (χ2n) is 6.78. The summed E-state index contributed by atoms with van der Waals surface area (Å²) in [6.45, 7) is 5.90. The zero-order valence-electron chi connectivity index (χ0n) is 15.9. The summed E-state index contributed by atoms with van der Waals surface area (Å²) in [6.07, 6.45) is 1.68. The maximum Gasteiger partial charge on any atom is 0.200 e. The summed E-state index contributed by atoms with van der Waals surface area (Å²) in [5, 5.41) is 10.9. The van der Waals surface area contributed by atoms with Gasteiger partial charge in [-0.25, -0.2) is 0 Å². The molecular weight excluding hydrogens is 388 g/mol. The predicted octanol–water partition coefficient (Wildman–Crippen LogP) is 5.58. The minimum absolute atomic E-state index is 0.113. The van der Waals surface area contributed by atoms with E-state index in [9.17, 15) is 9.90 Å². The molecule has 0 spiro atoms. The van der Waals surface area contributed by atoms with Gasteiger partial charge in [-0.3, -0.25) is 4.79 Å². The molecule has 0 atom stereocenters. The molecule has 0 aromatic heterocycles. The molecule has 0 fully saturated rings. The van der Waals surface area contributed by atoms with Crippen LogP contribution in [0.1, 0.15) is 11.1 Å². The van der Waals surface area contributed by atoms with Gasteiger partial charge in [0.15, 0.2) is 0 Å². The van der Waals surface area contributed by atoms with Crippen molar-refractivity contribution in [3.63, 3.8) is 0 Å². The lowest BCUT2D eigenvalue weighted by Gasteiger charge is -2.19. The van der Waals surface area contributed by atoms with Crippen molar-refractivity contribution in [2.75, 3.05) is 6.61 Å². The molecule has 0 radical (unpaired) electrons. The fourth-order valence-electron chi connectivity index (χ4n) is 3.52. The SMILES string of the molecule is C=CCOc1cc2oc3cc(=O)c(Cl)cc-3c(-c3ccccc3CO)c2cc1C. The Morgan fingerprint density at radius 3 is 2.72 bits per heavy atom. The lowest BCUT2D eigenvalue weighted by Crippen LogP contribution is -2.03. The maximum atomic E-state index is 12.1. The lowest BCUT2D eigenvalue weighted by atomic mass is 9.90. The molecule has 0 saturated heterocycles. The van der Waals surface area contributed by atoms with Gasteiger partial charge in [-0.05, 0) is 35.7 Å². The second-order valence-corrected chi connectivity index (χ2v) is 7.19. The van der Waals surface area contributed by atoms with Crippen LogP contribution in [-0.2, 0) is 6.61 Å². The van der Waals surface area contributed by atoms with Crippen molar-refractivity contribution < 1.29 is 14.3 Å². The van der Waals surface area contributed by atoms with Crippen LogP contribution in [0.25, 0.3) is 33.4 Å². The fraction of sp³-hybridized carbons (Fsp3) is 0.125. The molecule has 146 valence electrons. The summed E-state index contributed by atoms with van der Waals surface area (Å²) in [5.41, 5.74) is 4.39. The first-order valence-electron chi connectivity index (χ1n) is 9.17. The third-order valence-electron chi connectivity index (χ3n) is 4.88. The van der Waals surface area contributed by atoms with E-state index in [0.29, 0.717) is 29.3 Å². The Hall–Kier alpha value is -3.08. The van der Waals surface area contributed by atoms with Gasteiger partial charge in [0.2, 0.25) is 5.43 Å². The van der Waals surface area contributed by atoms with Crippen LogP contribution in [0.15, 0.2) is 70.4 Å². The van der Waals surface area contributed by atoms with E-state index in [4.69, 9.17) is 20.8 Å². The average Bonchev–Trinajstić information content (AvgIpc) is 2.72. The van der Waals surface area contributed by atoms with Crippen molar-refractivity contribution in [2.24, 2.45) is 0 Å². The van der Waals surface area contributed by atoms with Crippen LogP contribution in [0.2, 0.25) is 5.02 Å². The summed E-state index contributed by atoms with van der Waals surface area (Å²) in [5.74, 6) is 1.10. The minimum Gasteiger partial charge on any atom is -0.489 e. The number of rotatable bonds is 5. The van der Waals surface area contributed by atoms with E-state index in [0.717, 1.165) is 27.6 Å². The van der Waals surface area contributed by atoms with Gasteiger partial charge >= 0.3 is 0 Å². The highest BCUT2D eigenvalue weighted by Gasteiger charge is 2.21. The van der Waals surface area contributed by atoms with E-state index in [2.05, 4.69) is 6.58 Å². The zero-order valence-corrected chi connectivity index (χ0v) is 16.6. The minimum atomic E-state index is -0.307. The van der Waals surface area contributed by atoms with Crippen molar-refractivity contribution in [1.29, 1.82) is 0 Å². The van der Waals surface area contributed by atoms with Crippen LogP contribution in [0.5, 0.6) is 5.75 Å². The van der Waals surface area contributed by atoms with Crippen molar-refractivity contribution in [3.05, 3.63) is 87.6 Å². The summed E-state index contributed by atoms with van der Waals surface area (Å²) in [7, 11) is 0. The van der Waals surface area contributed by atoms with E-state index < -0.39 is 0 Å². The Labute approximate surface area is 173 Å². The Balaban J connectivity index is 2.14. The van der Waals surface area contributed by atoms with Gasteiger partial charge in [0, 0.05) is 28.6 Å². The van der Waals surface area contributed by atoms with Crippen LogP contribution < -0.4 is 10.2 Å². The second kappa shape index (κ2) is 7.74. The third kappa shape index (κ3) is 3.41. The van der Waals surface area contributed by atoms with Gasteiger partial charge in [0.1, 0.15) is 23.7 Å². The Kier molecular flexibility index (Phi) is 5.14. The van der Waals surface area contributed by atoms with Gasteiger partial charge in [-0.1, -0.05) is 48.5 Å². The number of ether oxygens (including phenoxy) is 1. The number of halogens is 1. The fourth-order valence-corrected chi connectivity index (χ4v) is 3.69. The van der Waals surface area contributed by atoms with Crippen molar-refractivity contribution >= 4 is 22.6 Å². The molecule has 2 aromatic rings. The number of aliphatic hydroxyl groups is 1. The number of hydrogen-bond donors (Lipinski definition) is 1. The molecule has 29 heavy (non-hydrogen) atoms. The molecule has 1 aliphatic carbocycles. The van der Waals surface area contributed by atoms with Crippen LogP contribution >= 0.6 is 11.6 Å². The van der Waals surface area contributed by atoms with Crippen LogP contribution in [0.4, 0.5) is 0 Å². The molecule has 5 heteroatoms. The summed E-state index contributed by atoms with van der Waals surface area (Å²) < 4.78 is 11.8. The number of aryl methyl sites for hydroxylation is 1. The molecule has 0 bridgehead atoms. The Morgan fingerprint density at radius 1 is 1.17 bits per heavy atom. The highest BCUT2D eigenvalue weighted by molar-refractivity contribution is 6.31. The first-order valence-corrected chi connectivity index (χ1v) is 9.55. The molecule has 0 saturated carbocycles. The average molecular weight is 407 g/mol. The quantitative estimate of drug-likeness (QED) is 0.347. The summed E-state index contributed by atoms with van der Waals surface area (Å²) in [4.78, 5) is 12.1. The van der Waals surface area contributed by atoms with Gasteiger partial charge in [0.05, 0.1) is 11.6 Å². The maximum absolute atomic E-state index is 12.1. The topological polar surface area (TPSA) is 59.7 Å². The van der Waals surface area contributed by atoms with Crippen molar-refractivity contribution in [1.82, 2.24) is 0 Å². The Morgan fingerprint density at radius 2 is 1.97 bits per heavy atom. The van der Waals surface area contributed by atoms with Gasteiger partial charge in [0.25, 0.3) is 0 Å². The summed E-state index contributed by atoms with van der Waals surface area (Å²) >= 11 is 6.15. The van der Waals surface area contributed by atoms with Gasteiger partial charge < -0.3 is 14.3 Å². The molecular formula is C24H19ClO4. The smallest absolute Gasteiger partial charge is 0.200 e. The molecule has 1 aliphatic heterocycles. The van der Waals surface area contributed by atoms with Crippen molar-refractivity contribution in [2.45, 2.75) is 13.5 Å². The predicted molar refractivity (Wildman–Crippen MR) is 116 cm³/mol. The number of fused-ring (bicyclic) bond motifs is 2. The van der Waals surface area contributed by atoms with Crippen LogP contribution in [-0.4, -0.2) is 11.7 Å². The third-order valence-corrected chi connectivity index (χ3v) is 5.18. The molecule has 1 N–H and O–H groups in total. The van der Waals surface area contributed by atoms with Gasteiger partial charge in [-0.15, -0.1) is 0 Å². The molecule has 2 aromatic carbocycles. The first kappa shape index (κ1) is 19.2. The molecule has 4 nitrogen and oxygen atoms in total. The molecule has 2 aliphatic rings. The molecule has 0 unspecified atom stereocenters. The largest absolute Gasteiger partial charge is 0.489 e. The summed E-state index contributed by atoms with van der Waals surface area (Å²) in [6, 6.07) is 14.4. The number of hydrogen-bond acceptors (Lipinski definition) is 4. The first-order chi connectivity index (χ1) is 14.0. The molecule has 4 rings (SSSR count). The standard InChI is InChI=1S/C24H19ClO4/c1-3-8-28-21-12-23-17(9-14(21)2)24(16-7-5-4-6-15(16)13-26)18-10-19(25)20(27)11-22(18)29-23/h3-7,9-12,26H,1,8,13H2,2H3. The number of benzene rings is 3. The monoisotopic (exact) mass is 406 g/mol. The zero-order chi connectivity index (χ0) is 20.5. The molecule has 0 amide bonds. The Bertz CT molecular complexity index is 1260. The van der Waals surface area contributed by atoms with Crippen LogP contribution in [0.3, 0.4) is 0 Å². The van der Waals surface area contributed by atoms with E-state index in [-0.39, 0.29) is 17.1 Å². The molecule has 1 heterocycles. The van der Waals surface area contributed by atoms with E-state index in [1.807, 2.05) is 43.3 Å². The highest BCUT2D eigenvalue weighted by Crippen LogP contribution is 2.43. The lowest BCUT2D eigenvalue weighted by molar-refractivity contribution is 0.282. The normalized spacial score (nSPS) is 11.1. The van der Waals surface area contributed by atoms with E-state index >= 15 is 0 Å². The van der Waals surface area contributed by atoms with Gasteiger partial charge in [-0.2, -0.15) is 0 Å². The number of aliphatic hydroxyl groups excluding tert-OH is 1. The van der Waals surface area contributed by atoms with E-state index in [1.165, 1.54) is 6.07 Å². The van der Waals surface area contributed by atoms with E-state index in [1.54, 1.807) is 12.1 Å². The highest BCUT2D eigenvalue weighted by atomic mass is 35.5. The van der Waals surface area contributed by atoms with Crippen molar-refractivity contribution in [3.8, 4) is 28.2 Å². The van der Waals surface area contributed by atoms with Crippen LogP contribution in [0, 0.1) is 6.92 Å².